The molecule has 0 aliphatic carbocycles. The standard InChI is InChI=1S/C14H17NO2S/c1-9-4-5-11-10(6-9)15-12(18-11)7-14(2,3)8-13(16)17/h4-6H,7-8H2,1-3H3,(H,16,17). The van der Waals surface area contributed by atoms with Crippen molar-refractivity contribution in [2.75, 3.05) is 0 Å². The molecular weight excluding hydrogens is 246 g/mol. The summed E-state index contributed by atoms with van der Waals surface area (Å²) in [4.78, 5) is 15.4. The van der Waals surface area contributed by atoms with Crippen molar-refractivity contribution in [2.24, 2.45) is 5.41 Å². The third-order valence-electron chi connectivity index (χ3n) is 2.85. The van der Waals surface area contributed by atoms with Gasteiger partial charge in [-0.05, 0) is 30.0 Å². The molecule has 1 heterocycles. The summed E-state index contributed by atoms with van der Waals surface area (Å²) < 4.78 is 1.17. The maximum Gasteiger partial charge on any atom is 0.303 e. The second kappa shape index (κ2) is 4.69. The van der Waals surface area contributed by atoms with Crippen molar-refractivity contribution < 1.29 is 9.90 Å². The number of hydrogen-bond acceptors (Lipinski definition) is 3. The fourth-order valence-corrected chi connectivity index (χ4v) is 3.25. The van der Waals surface area contributed by atoms with E-state index < -0.39 is 5.97 Å². The number of rotatable bonds is 4. The van der Waals surface area contributed by atoms with E-state index in [4.69, 9.17) is 5.11 Å². The number of carboxylic acid groups (broad SMARTS) is 1. The minimum Gasteiger partial charge on any atom is -0.481 e. The van der Waals surface area contributed by atoms with Crippen LogP contribution in [0.1, 0.15) is 30.8 Å². The topological polar surface area (TPSA) is 50.2 Å². The molecule has 2 aromatic rings. The number of benzene rings is 1. The van der Waals surface area contributed by atoms with Crippen molar-refractivity contribution in [2.45, 2.75) is 33.6 Å². The van der Waals surface area contributed by atoms with E-state index in [1.54, 1.807) is 11.3 Å². The highest BCUT2D eigenvalue weighted by atomic mass is 32.1. The second-order valence-corrected chi connectivity index (χ2v) is 6.61. The highest BCUT2D eigenvalue weighted by Gasteiger charge is 2.23. The van der Waals surface area contributed by atoms with E-state index in [2.05, 4.69) is 23.2 Å². The zero-order valence-corrected chi connectivity index (χ0v) is 11.7. The Balaban J connectivity index is 2.24. The molecule has 1 aromatic heterocycles. The van der Waals surface area contributed by atoms with Gasteiger partial charge in [-0.25, -0.2) is 4.98 Å². The Morgan fingerprint density at radius 1 is 1.44 bits per heavy atom. The predicted octanol–water partition coefficient (Wildman–Crippen LogP) is 3.65. The van der Waals surface area contributed by atoms with Crippen LogP contribution in [0, 0.1) is 12.3 Å². The van der Waals surface area contributed by atoms with E-state index in [0.717, 1.165) is 10.5 Å². The van der Waals surface area contributed by atoms with Crippen molar-refractivity contribution >= 4 is 27.5 Å². The Labute approximate surface area is 110 Å². The lowest BCUT2D eigenvalue weighted by Crippen LogP contribution is -2.19. The van der Waals surface area contributed by atoms with Gasteiger partial charge in [-0.15, -0.1) is 11.3 Å². The van der Waals surface area contributed by atoms with Gasteiger partial charge in [0.05, 0.1) is 21.6 Å². The second-order valence-electron chi connectivity index (χ2n) is 5.49. The molecule has 0 saturated carbocycles. The molecule has 96 valence electrons. The van der Waals surface area contributed by atoms with Crippen LogP contribution in [0.25, 0.3) is 10.2 Å². The van der Waals surface area contributed by atoms with E-state index in [1.165, 1.54) is 10.3 Å². The van der Waals surface area contributed by atoms with Crippen LogP contribution in [0.3, 0.4) is 0 Å². The Bertz CT molecular complexity index is 586. The molecule has 0 aliphatic rings. The van der Waals surface area contributed by atoms with Gasteiger partial charge >= 0.3 is 5.97 Å². The molecule has 18 heavy (non-hydrogen) atoms. The number of fused-ring (bicyclic) bond motifs is 1. The number of carboxylic acids is 1. The molecule has 0 spiro atoms. The van der Waals surface area contributed by atoms with Crippen molar-refractivity contribution in [1.82, 2.24) is 4.98 Å². The normalized spacial score (nSPS) is 11.9. The number of aliphatic carboxylic acids is 1. The average molecular weight is 263 g/mol. The van der Waals surface area contributed by atoms with Crippen LogP contribution in [-0.4, -0.2) is 16.1 Å². The highest BCUT2D eigenvalue weighted by Crippen LogP contribution is 2.30. The summed E-state index contributed by atoms with van der Waals surface area (Å²) in [6, 6.07) is 6.22. The summed E-state index contributed by atoms with van der Waals surface area (Å²) >= 11 is 1.66. The summed E-state index contributed by atoms with van der Waals surface area (Å²) in [5.41, 5.74) is 1.96. The fraction of sp³-hybridized carbons (Fsp3) is 0.429. The van der Waals surface area contributed by atoms with Crippen LogP contribution in [0.2, 0.25) is 0 Å². The first kappa shape index (κ1) is 13.0. The quantitative estimate of drug-likeness (QED) is 0.916. The maximum atomic E-state index is 10.8. The lowest BCUT2D eigenvalue weighted by atomic mass is 9.86. The summed E-state index contributed by atoms with van der Waals surface area (Å²) in [5.74, 6) is -0.753. The molecule has 0 amide bonds. The van der Waals surface area contributed by atoms with Gasteiger partial charge in [-0.3, -0.25) is 4.79 Å². The van der Waals surface area contributed by atoms with Crippen molar-refractivity contribution in [3.8, 4) is 0 Å². The van der Waals surface area contributed by atoms with Gasteiger partial charge in [0.25, 0.3) is 0 Å². The molecule has 1 N–H and O–H groups in total. The molecule has 1 aromatic carbocycles. The van der Waals surface area contributed by atoms with Gasteiger partial charge < -0.3 is 5.11 Å². The highest BCUT2D eigenvalue weighted by molar-refractivity contribution is 7.18. The maximum absolute atomic E-state index is 10.8. The molecule has 0 aliphatic heterocycles. The zero-order chi connectivity index (χ0) is 13.3. The van der Waals surface area contributed by atoms with Crippen LogP contribution in [0.15, 0.2) is 18.2 Å². The van der Waals surface area contributed by atoms with Gasteiger partial charge in [0.2, 0.25) is 0 Å². The molecular formula is C14H17NO2S. The number of aromatic nitrogens is 1. The predicted molar refractivity (Wildman–Crippen MR) is 74.1 cm³/mol. The van der Waals surface area contributed by atoms with E-state index in [-0.39, 0.29) is 11.8 Å². The Morgan fingerprint density at radius 3 is 2.83 bits per heavy atom. The summed E-state index contributed by atoms with van der Waals surface area (Å²) in [5, 5.41) is 9.90. The van der Waals surface area contributed by atoms with E-state index in [1.807, 2.05) is 20.8 Å². The van der Waals surface area contributed by atoms with Gasteiger partial charge in [0.1, 0.15) is 0 Å². The third-order valence-corrected chi connectivity index (χ3v) is 3.88. The molecule has 0 fully saturated rings. The summed E-state index contributed by atoms with van der Waals surface area (Å²) in [6.07, 6.45) is 0.875. The largest absolute Gasteiger partial charge is 0.481 e. The number of aryl methyl sites for hydroxylation is 1. The van der Waals surface area contributed by atoms with E-state index >= 15 is 0 Å². The molecule has 4 heteroatoms. The van der Waals surface area contributed by atoms with Crippen LogP contribution in [-0.2, 0) is 11.2 Å². The minimum atomic E-state index is -0.753. The Kier molecular flexibility index (Phi) is 3.39. The monoisotopic (exact) mass is 263 g/mol. The lowest BCUT2D eigenvalue weighted by molar-refractivity contribution is -0.139. The summed E-state index contributed by atoms with van der Waals surface area (Å²) in [7, 11) is 0. The molecule has 3 nitrogen and oxygen atoms in total. The molecule has 0 saturated heterocycles. The van der Waals surface area contributed by atoms with Crippen LogP contribution < -0.4 is 0 Å². The van der Waals surface area contributed by atoms with Crippen LogP contribution >= 0.6 is 11.3 Å². The minimum absolute atomic E-state index is 0.169. The Hall–Kier alpha value is -1.42. The lowest BCUT2D eigenvalue weighted by Gasteiger charge is -2.20. The molecule has 0 atom stereocenters. The van der Waals surface area contributed by atoms with Crippen molar-refractivity contribution in [3.63, 3.8) is 0 Å². The first-order valence-corrected chi connectivity index (χ1v) is 6.75. The van der Waals surface area contributed by atoms with Gasteiger partial charge in [-0.2, -0.15) is 0 Å². The third kappa shape index (κ3) is 3.07. The van der Waals surface area contributed by atoms with Crippen LogP contribution in [0.5, 0.6) is 0 Å². The van der Waals surface area contributed by atoms with Gasteiger partial charge in [0.15, 0.2) is 0 Å². The van der Waals surface area contributed by atoms with Crippen LogP contribution in [0.4, 0.5) is 0 Å². The fourth-order valence-electron chi connectivity index (χ4n) is 2.04. The first-order chi connectivity index (χ1) is 8.35. The first-order valence-electron chi connectivity index (χ1n) is 5.94. The number of thiazole rings is 1. The average Bonchev–Trinajstić information content (AvgIpc) is 2.55. The molecule has 0 bridgehead atoms. The molecule has 0 unspecified atom stereocenters. The van der Waals surface area contributed by atoms with Gasteiger partial charge in [0, 0.05) is 6.42 Å². The Morgan fingerprint density at radius 2 is 2.17 bits per heavy atom. The number of nitrogens with zero attached hydrogens (tertiary/aromatic N) is 1. The smallest absolute Gasteiger partial charge is 0.303 e. The summed E-state index contributed by atoms with van der Waals surface area (Å²) in [6.45, 7) is 5.99. The molecule has 2 rings (SSSR count). The van der Waals surface area contributed by atoms with Gasteiger partial charge in [-0.1, -0.05) is 19.9 Å². The van der Waals surface area contributed by atoms with E-state index in [0.29, 0.717) is 6.42 Å². The van der Waals surface area contributed by atoms with E-state index in [9.17, 15) is 4.79 Å². The molecule has 0 radical (unpaired) electrons. The number of carbonyl (C=O) groups is 1. The van der Waals surface area contributed by atoms with Crippen molar-refractivity contribution in [3.05, 3.63) is 28.8 Å². The van der Waals surface area contributed by atoms with Crippen molar-refractivity contribution in [1.29, 1.82) is 0 Å². The number of hydrogen-bond donors (Lipinski definition) is 1. The zero-order valence-electron chi connectivity index (χ0n) is 10.9. The SMILES string of the molecule is Cc1ccc2sc(CC(C)(C)CC(=O)O)nc2c1.